The zero-order chi connectivity index (χ0) is 24.1. The van der Waals surface area contributed by atoms with E-state index in [1.54, 1.807) is 12.1 Å². The molecule has 0 aliphatic carbocycles. The molecule has 6 heteroatoms. The van der Waals surface area contributed by atoms with Gasteiger partial charge in [0.25, 0.3) is 0 Å². The number of carbonyl (C=O) groups excluding carboxylic acids is 1. The minimum atomic E-state index is -1.03. The molecule has 0 unspecified atom stereocenters. The second-order valence-corrected chi connectivity index (χ2v) is 9.06. The van der Waals surface area contributed by atoms with Crippen LogP contribution in [0, 0.1) is 5.82 Å². The number of carbonyl (C=O) groups is 2. The average molecular weight is 462 g/mol. The van der Waals surface area contributed by atoms with E-state index in [0.717, 1.165) is 22.4 Å². The van der Waals surface area contributed by atoms with Crippen LogP contribution in [0.4, 0.5) is 4.39 Å². The molecule has 3 aromatic rings. The molecule has 0 radical (unpaired) electrons. The summed E-state index contributed by atoms with van der Waals surface area (Å²) in [5.74, 6) is -0.774. The highest BCUT2D eigenvalue weighted by Gasteiger charge is 2.35. The number of nitrogens with zero attached hydrogens (tertiary/aromatic N) is 1. The summed E-state index contributed by atoms with van der Waals surface area (Å²) < 4.78 is 20.3. The van der Waals surface area contributed by atoms with E-state index >= 15 is 0 Å². The normalized spacial score (nSPS) is 16.5. The quantitative estimate of drug-likeness (QED) is 0.511. The molecule has 0 saturated carbocycles. The molecule has 34 heavy (non-hydrogen) atoms. The molecule has 0 spiro atoms. The Bertz CT molecular complexity index is 1180. The minimum Gasteiger partial charge on any atom is -0.487 e. The van der Waals surface area contributed by atoms with Crippen LogP contribution < -0.4 is 4.74 Å². The van der Waals surface area contributed by atoms with E-state index < -0.39 is 11.6 Å². The first-order valence-electron chi connectivity index (χ1n) is 11.4. The number of hydrogen-bond acceptors (Lipinski definition) is 3. The maximum Gasteiger partial charge on any atom is 0.323 e. The first-order valence-corrected chi connectivity index (χ1v) is 11.4. The van der Waals surface area contributed by atoms with Gasteiger partial charge in [0.15, 0.2) is 0 Å². The van der Waals surface area contributed by atoms with Crippen molar-refractivity contribution in [2.24, 2.45) is 0 Å². The van der Waals surface area contributed by atoms with Gasteiger partial charge >= 0.3 is 5.97 Å². The highest BCUT2D eigenvalue weighted by Crippen LogP contribution is 2.38. The van der Waals surface area contributed by atoms with Gasteiger partial charge in [0.1, 0.15) is 23.7 Å². The standard InChI is InChI=1S/C28H28FNO4/c1-28(17-22-9-5-6-10-24(22)29)18-23-15-21(11-12-25(23)34-28)16-26(31)30(19-27(32)33)14-13-20-7-3-2-4-8-20/h2-12,15H,13-14,16-19H2,1H3,(H,32,33)/t28-/m0/s1. The van der Waals surface area contributed by atoms with Crippen molar-refractivity contribution in [3.8, 4) is 5.75 Å². The number of hydrogen-bond donors (Lipinski definition) is 1. The van der Waals surface area contributed by atoms with E-state index in [4.69, 9.17) is 4.74 Å². The number of benzene rings is 3. The number of rotatable bonds is 9. The third-order valence-corrected chi connectivity index (χ3v) is 6.12. The van der Waals surface area contributed by atoms with Gasteiger partial charge in [-0.2, -0.15) is 0 Å². The van der Waals surface area contributed by atoms with Crippen LogP contribution in [-0.2, 0) is 35.3 Å². The van der Waals surface area contributed by atoms with E-state index in [0.29, 0.717) is 31.4 Å². The van der Waals surface area contributed by atoms with Crippen molar-refractivity contribution in [1.82, 2.24) is 4.90 Å². The molecule has 3 aromatic carbocycles. The number of ether oxygens (including phenoxy) is 1. The van der Waals surface area contributed by atoms with Crippen LogP contribution in [-0.4, -0.2) is 40.6 Å². The molecular weight excluding hydrogens is 433 g/mol. The zero-order valence-corrected chi connectivity index (χ0v) is 19.2. The van der Waals surface area contributed by atoms with Crippen molar-refractivity contribution < 1.29 is 23.8 Å². The fraction of sp³-hybridized carbons (Fsp3) is 0.286. The number of amides is 1. The lowest BCUT2D eigenvalue weighted by Gasteiger charge is -2.24. The molecule has 0 bridgehead atoms. The van der Waals surface area contributed by atoms with Crippen molar-refractivity contribution >= 4 is 11.9 Å². The van der Waals surface area contributed by atoms with E-state index in [2.05, 4.69) is 0 Å². The number of halogens is 1. The molecule has 5 nitrogen and oxygen atoms in total. The van der Waals surface area contributed by atoms with Gasteiger partial charge in [-0.1, -0.05) is 60.7 Å². The number of fused-ring (bicyclic) bond motifs is 1. The van der Waals surface area contributed by atoms with Crippen LogP contribution in [0.25, 0.3) is 0 Å². The van der Waals surface area contributed by atoms with Gasteiger partial charge in [0, 0.05) is 19.4 Å². The predicted molar refractivity (Wildman–Crippen MR) is 127 cm³/mol. The summed E-state index contributed by atoms with van der Waals surface area (Å²) in [5.41, 5.74) is 2.86. The second kappa shape index (κ2) is 10.1. The van der Waals surface area contributed by atoms with E-state index in [9.17, 15) is 19.1 Å². The summed E-state index contributed by atoms with van der Waals surface area (Å²) in [6.45, 7) is 1.97. The Morgan fingerprint density at radius 3 is 2.50 bits per heavy atom. The molecule has 176 valence electrons. The smallest absolute Gasteiger partial charge is 0.323 e. The summed E-state index contributed by atoms with van der Waals surface area (Å²) >= 11 is 0. The average Bonchev–Trinajstić information content (AvgIpc) is 3.13. The Morgan fingerprint density at radius 2 is 1.76 bits per heavy atom. The largest absolute Gasteiger partial charge is 0.487 e. The van der Waals surface area contributed by atoms with Crippen molar-refractivity contribution in [2.45, 2.75) is 38.2 Å². The molecular formula is C28H28FNO4. The van der Waals surface area contributed by atoms with E-state index in [-0.39, 0.29) is 24.7 Å². The van der Waals surface area contributed by atoms with Crippen LogP contribution in [0.15, 0.2) is 72.8 Å². The highest BCUT2D eigenvalue weighted by atomic mass is 19.1. The predicted octanol–water partition coefficient (Wildman–Crippen LogP) is 4.46. The summed E-state index contributed by atoms with van der Waals surface area (Å²) in [6, 6.07) is 22.0. The lowest BCUT2D eigenvalue weighted by Crippen LogP contribution is -2.38. The summed E-state index contributed by atoms with van der Waals surface area (Å²) in [7, 11) is 0. The number of carboxylic acids is 1. The molecule has 0 aromatic heterocycles. The molecule has 1 aliphatic heterocycles. The Morgan fingerprint density at radius 1 is 1.03 bits per heavy atom. The summed E-state index contributed by atoms with van der Waals surface area (Å²) in [4.78, 5) is 25.7. The Kier molecular flexibility index (Phi) is 6.96. The van der Waals surface area contributed by atoms with Gasteiger partial charge in [-0.05, 0) is 47.7 Å². The highest BCUT2D eigenvalue weighted by molar-refractivity contribution is 5.83. The van der Waals surface area contributed by atoms with Crippen LogP contribution in [0.2, 0.25) is 0 Å². The maximum absolute atomic E-state index is 14.1. The molecule has 1 aliphatic rings. The topological polar surface area (TPSA) is 66.8 Å². The van der Waals surface area contributed by atoms with Crippen molar-refractivity contribution in [1.29, 1.82) is 0 Å². The van der Waals surface area contributed by atoms with E-state index in [1.165, 1.54) is 11.0 Å². The van der Waals surface area contributed by atoms with Crippen molar-refractivity contribution in [2.75, 3.05) is 13.1 Å². The number of carboxylic acid groups (broad SMARTS) is 1. The molecule has 1 amide bonds. The second-order valence-electron chi connectivity index (χ2n) is 9.06. The first-order chi connectivity index (χ1) is 16.3. The van der Waals surface area contributed by atoms with E-state index in [1.807, 2.05) is 61.5 Å². The fourth-order valence-corrected chi connectivity index (χ4v) is 4.48. The minimum absolute atomic E-state index is 0.110. The Labute approximate surface area is 198 Å². The van der Waals surface area contributed by atoms with Gasteiger partial charge in [-0.3, -0.25) is 9.59 Å². The molecule has 0 fully saturated rings. The summed E-state index contributed by atoms with van der Waals surface area (Å²) in [6.07, 6.45) is 1.74. The lowest BCUT2D eigenvalue weighted by atomic mass is 9.91. The van der Waals surface area contributed by atoms with Crippen LogP contribution in [0.1, 0.15) is 29.2 Å². The van der Waals surface area contributed by atoms with Crippen LogP contribution in [0.5, 0.6) is 5.75 Å². The van der Waals surface area contributed by atoms with Gasteiger partial charge in [0.05, 0.1) is 6.42 Å². The van der Waals surface area contributed by atoms with Gasteiger partial charge in [-0.25, -0.2) is 4.39 Å². The van der Waals surface area contributed by atoms with Gasteiger partial charge < -0.3 is 14.7 Å². The molecule has 1 heterocycles. The van der Waals surface area contributed by atoms with Gasteiger partial charge in [0.2, 0.25) is 5.91 Å². The monoisotopic (exact) mass is 461 g/mol. The Hall–Kier alpha value is -3.67. The van der Waals surface area contributed by atoms with Crippen LogP contribution >= 0.6 is 0 Å². The number of aliphatic carboxylic acids is 1. The fourth-order valence-electron chi connectivity index (χ4n) is 4.48. The zero-order valence-electron chi connectivity index (χ0n) is 19.2. The van der Waals surface area contributed by atoms with Crippen molar-refractivity contribution in [3.63, 3.8) is 0 Å². The van der Waals surface area contributed by atoms with Crippen LogP contribution in [0.3, 0.4) is 0 Å². The third kappa shape index (κ3) is 5.81. The molecule has 1 atom stereocenters. The maximum atomic E-state index is 14.1. The SMILES string of the molecule is C[C@]1(Cc2ccccc2F)Cc2cc(CC(=O)N(CCc3ccccc3)CC(=O)O)ccc2O1. The van der Waals surface area contributed by atoms with Gasteiger partial charge in [-0.15, -0.1) is 0 Å². The summed E-state index contributed by atoms with van der Waals surface area (Å²) in [5, 5.41) is 9.28. The Balaban J connectivity index is 1.42. The third-order valence-electron chi connectivity index (χ3n) is 6.12. The lowest BCUT2D eigenvalue weighted by molar-refractivity contribution is -0.144. The first kappa shape index (κ1) is 23.5. The van der Waals surface area contributed by atoms with Crippen molar-refractivity contribution in [3.05, 3.63) is 101 Å². The molecule has 1 N–H and O–H groups in total. The molecule has 4 rings (SSSR count). The molecule has 0 saturated heterocycles.